The minimum absolute atomic E-state index is 0.203. The van der Waals surface area contributed by atoms with Gasteiger partial charge in [0.05, 0.1) is 6.10 Å². The van der Waals surface area contributed by atoms with Crippen LogP contribution in [0.2, 0.25) is 0 Å². The molecule has 0 amide bonds. The van der Waals surface area contributed by atoms with Gasteiger partial charge in [-0.2, -0.15) is 0 Å². The van der Waals surface area contributed by atoms with Crippen LogP contribution in [0.25, 0.3) is 0 Å². The van der Waals surface area contributed by atoms with E-state index in [1.165, 1.54) is 6.42 Å². The first kappa shape index (κ1) is 13.7. The smallest absolute Gasteiger partial charge is 0.0721 e. The lowest BCUT2D eigenvalue weighted by atomic mass is 9.91. The van der Waals surface area contributed by atoms with E-state index in [1.54, 1.807) is 0 Å². The Kier molecular flexibility index (Phi) is 5.00. The normalized spacial score (nSPS) is 26.4. The zero-order valence-electron chi connectivity index (χ0n) is 11.2. The van der Waals surface area contributed by atoms with Gasteiger partial charge in [0.25, 0.3) is 0 Å². The Hall–Kier alpha value is -0.340. The summed E-state index contributed by atoms with van der Waals surface area (Å²) < 4.78 is 0. The standard InChI is InChI=1S/C14H27NO/c1-5-14(3,4)15(6-2)11-12-7-9-13(16)10-8-12/h7,9,12-13,16H,5-6,8,10-11H2,1-4H3/t12-,13?/m1/s1. The summed E-state index contributed by atoms with van der Waals surface area (Å²) in [5, 5.41) is 9.42. The molecule has 0 aromatic heterocycles. The summed E-state index contributed by atoms with van der Waals surface area (Å²) in [5.74, 6) is 0.620. The molecular weight excluding hydrogens is 198 g/mol. The molecule has 0 fully saturated rings. The fourth-order valence-corrected chi connectivity index (χ4v) is 2.33. The van der Waals surface area contributed by atoms with E-state index in [2.05, 4.69) is 38.7 Å². The van der Waals surface area contributed by atoms with Crippen molar-refractivity contribution < 1.29 is 5.11 Å². The molecule has 0 saturated heterocycles. The molecule has 2 nitrogen and oxygen atoms in total. The summed E-state index contributed by atoms with van der Waals surface area (Å²) in [6.07, 6.45) is 7.17. The van der Waals surface area contributed by atoms with Crippen molar-refractivity contribution in [1.82, 2.24) is 4.90 Å². The molecular formula is C14H27NO. The number of aliphatic hydroxyl groups is 1. The van der Waals surface area contributed by atoms with Crippen molar-refractivity contribution >= 4 is 0 Å². The molecule has 2 heteroatoms. The third-order valence-corrected chi connectivity index (χ3v) is 4.00. The quantitative estimate of drug-likeness (QED) is 0.727. The monoisotopic (exact) mass is 225 g/mol. The Labute approximate surface area is 100 Å². The zero-order valence-corrected chi connectivity index (χ0v) is 11.2. The first-order valence-electron chi connectivity index (χ1n) is 6.61. The lowest BCUT2D eigenvalue weighted by molar-refractivity contribution is 0.101. The van der Waals surface area contributed by atoms with Gasteiger partial charge in [-0.25, -0.2) is 0 Å². The second-order valence-electron chi connectivity index (χ2n) is 5.49. The highest BCUT2D eigenvalue weighted by atomic mass is 16.3. The van der Waals surface area contributed by atoms with Crippen molar-refractivity contribution in [3.05, 3.63) is 12.2 Å². The minimum Gasteiger partial charge on any atom is -0.389 e. The van der Waals surface area contributed by atoms with E-state index in [0.29, 0.717) is 11.5 Å². The molecule has 0 bridgehead atoms. The van der Waals surface area contributed by atoms with Crippen LogP contribution in [0.3, 0.4) is 0 Å². The second-order valence-corrected chi connectivity index (χ2v) is 5.49. The van der Waals surface area contributed by atoms with Crippen LogP contribution in [0.1, 0.15) is 47.0 Å². The van der Waals surface area contributed by atoms with Gasteiger partial charge in [-0.15, -0.1) is 0 Å². The summed E-state index contributed by atoms with van der Waals surface area (Å²) in [7, 11) is 0. The molecule has 0 saturated carbocycles. The van der Waals surface area contributed by atoms with Crippen LogP contribution in [-0.4, -0.2) is 34.7 Å². The predicted octanol–water partition coefficient (Wildman–Crippen LogP) is 2.82. The van der Waals surface area contributed by atoms with Gasteiger partial charge < -0.3 is 5.11 Å². The third kappa shape index (κ3) is 3.60. The Morgan fingerprint density at radius 1 is 1.25 bits per heavy atom. The average molecular weight is 225 g/mol. The van der Waals surface area contributed by atoms with E-state index >= 15 is 0 Å². The van der Waals surface area contributed by atoms with Crippen molar-refractivity contribution in [2.24, 2.45) is 5.92 Å². The first-order chi connectivity index (χ1) is 7.49. The summed E-state index contributed by atoms with van der Waals surface area (Å²) in [6.45, 7) is 11.4. The van der Waals surface area contributed by atoms with Crippen LogP contribution < -0.4 is 0 Å². The maximum Gasteiger partial charge on any atom is 0.0721 e. The second kappa shape index (κ2) is 5.83. The van der Waals surface area contributed by atoms with E-state index in [-0.39, 0.29) is 6.10 Å². The van der Waals surface area contributed by atoms with E-state index in [9.17, 15) is 5.11 Å². The maximum absolute atomic E-state index is 9.42. The molecule has 94 valence electrons. The van der Waals surface area contributed by atoms with Crippen LogP contribution in [0.4, 0.5) is 0 Å². The number of rotatable bonds is 5. The molecule has 16 heavy (non-hydrogen) atoms. The molecule has 0 spiro atoms. The SMILES string of the molecule is CCN(C[C@@H]1C=CC(O)CC1)C(C)(C)CC. The van der Waals surface area contributed by atoms with Gasteiger partial charge in [-0.1, -0.05) is 26.0 Å². The Morgan fingerprint density at radius 3 is 2.38 bits per heavy atom. The van der Waals surface area contributed by atoms with Crippen LogP contribution in [0, 0.1) is 5.92 Å². The Bertz CT molecular complexity index is 235. The fourth-order valence-electron chi connectivity index (χ4n) is 2.33. The van der Waals surface area contributed by atoms with Crippen molar-refractivity contribution in [3.63, 3.8) is 0 Å². The summed E-state index contributed by atoms with van der Waals surface area (Å²) in [4.78, 5) is 2.56. The molecule has 1 unspecified atom stereocenters. The van der Waals surface area contributed by atoms with Gasteiger partial charge >= 0.3 is 0 Å². The topological polar surface area (TPSA) is 23.5 Å². The number of hydrogen-bond acceptors (Lipinski definition) is 2. The van der Waals surface area contributed by atoms with Gasteiger partial charge in [-0.3, -0.25) is 4.90 Å². The Balaban J connectivity index is 2.54. The predicted molar refractivity (Wildman–Crippen MR) is 69.5 cm³/mol. The van der Waals surface area contributed by atoms with Crippen LogP contribution in [-0.2, 0) is 0 Å². The maximum atomic E-state index is 9.42. The molecule has 2 atom stereocenters. The van der Waals surface area contributed by atoms with Crippen molar-refractivity contribution in [3.8, 4) is 0 Å². The van der Waals surface area contributed by atoms with Gasteiger partial charge in [-0.05, 0) is 45.6 Å². The highest BCUT2D eigenvalue weighted by Gasteiger charge is 2.26. The molecule has 0 aromatic rings. The largest absolute Gasteiger partial charge is 0.389 e. The molecule has 0 aliphatic heterocycles. The van der Waals surface area contributed by atoms with E-state index in [1.807, 2.05) is 6.08 Å². The number of nitrogens with zero attached hydrogens (tertiary/aromatic N) is 1. The molecule has 0 aromatic carbocycles. The van der Waals surface area contributed by atoms with Gasteiger partial charge in [0.1, 0.15) is 0 Å². The van der Waals surface area contributed by atoms with Gasteiger partial charge in [0, 0.05) is 12.1 Å². The highest BCUT2D eigenvalue weighted by Crippen LogP contribution is 2.24. The van der Waals surface area contributed by atoms with Crippen molar-refractivity contribution in [2.45, 2.75) is 58.6 Å². The summed E-state index contributed by atoms with van der Waals surface area (Å²) >= 11 is 0. The molecule has 1 rings (SSSR count). The lowest BCUT2D eigenvalue weighted by Crippen LogP contribution is -2.45. The van der Waals surface area contributed by atoms with E-state index in [0.717, 1.165) is 25.9 Å². The van der Waals surface area contributed by atoms with Crippen molar-refractivity contribution in [1.29, 1.82) is 0 Å². The molecule has 1 aliphatic rings. The minimum atomic E-state index is -0.203. The van der Waals surface area contributed by atoms with Crippen LogP contribution in [0.15, 0.2) is 12.2 Å². The average Bonchev–Trinajstić information content (AvgIpc) is 2.28. The zero-order chi connectivity index (χ0) is 12.2. The van der Waals surface area contributed by atoms with E-state index in [4.69, 9.17) is 0 Å². The summed E-state index contributed by atoms with van der Waals surface area (Å²) in [6, 6.07) is 0. The molecule has 1 N–H and O–H groups in total. The lowest BCUT2D eigenvalue weighted by Gasteiger charge is -2.39. The number of aliphatic hydroxyl groups excluding tert-OH is 1. The Morgan fingerprint density at radius 2 is 1.94 bits per heavy atom. The molecule has 0 heterocycles. The number of hydrogen-bond donors (Lipinski definition) is 1. The first-order valence-corrected chi connectivity index (χ1v) is 6.61. The molecule has 0 radical (unpaired) electrons. The fraction of sp³-hybridized carbons (Fsp3) is 0.857. The molecule has 1 aliphatic carbocycles. The third-order valence-electron chi connectivity index (χ3n) is 4.00. The van der Waals surface area contributed by atoms with E-state index < -0.39 is 0 Å². The van der Waals surface area contributed by atoms with Crippen LogP contribution >= 0.6 is 0 Å². The summed E-state index contributed by atoms with van der Waals surface area (Å²) in [5.41, 5.74) is 0.290. The highest BCUT2D eigenvalue weighted by molar-refractivity contribution is 5.00. The van der Waals surface area contributed by atoms with Gasteiger partial charge in [0.15, 0.2) is 0 Å². The van der Waals surface area contributed by atoms with Gasteiger partial charge in [0.2, 0.25) is 0 Å². The van der Waals surface area contributed by atoms with Crippen LogP contribution in [0.5, 0.6) is 0 Å². The van der Waals surface area contributed by atoms with Crippen molar-refractivity contribution in [2.75, 3.05) is 13.1 Å².